The van der Waals surface area contributed by atoms with Crippen LogP contribution in [0.25, 0.3) is 0 Å². The van der Waals surface area contributed by atoms with Crippen molar-refractivity contribution in [1.29, 1.82) is 0 Å². The fourth-order valence-corrected chi connectivity index (χ4v) is 2.51. The number of ether oxygens (including phenoxy) is 1. The maximum absolute atomic E-state index is 12.0. The molecule has 0 atom stereocenters. The fraction of sp³-hybridized carbons (Fsp3) is 0.333. The third-order valence-corrected chi connectivity index (χ3v) is 3.83. The Bertz CT molecular complexity index is 738. The molecule has 2 aromatic rings. The molecular formula is C18H23F3O4S. The zero-order valence-corrected chi connectivity index (χ0v) is 16.1. The van der Waals surface area contributed by atoms with E-state index in [1.54, 1.807) is 12.1 Å². The van der Waals surface area contributed by atoms with Crippen LogP contribution in [0.5, 0.6) is 11.5 Å². The Morgan fingerprint density at radius 2 is 1.19 bits per heavy atom. The molecule has 0 saturated carbocycles. The zero-order chi connectivity index (χ0) is 20.4. The van der Waals surface area contributed by atoms with Gasteiger partial charge in [0, 0.05) is 0 Å². The van der Waals surface area contributed by atoms with Crippen LogP contribution in [-0.2, 0) is 10.1 Å². The summed E-state index contributed by atoms with van der Waals surface area (Å²) in [4.78, 5) is -0.275. The molecule has 0 aromatic heterocycles. The van der Waals surface area contributed by atoms with Crippen LogP contribution in [0.4, 0.5) is 13.2 Å². The first-order chi connectivity index (χ1) is 12.2. The van der Waals surface area contributed by atoms with Gasteiger partial charge in [-0.2, -0.15) is 8.42 Å². The second-order valence-corrected chi connectivity index (χ2v) is 5.92. The van der Waals surface area contributed by atoms with Crippen LogP contribution in [0, 0.1) is 6.92 Å². The first-order valence-corrected chi connectivity index (χ1v) is 9.43. The standard InChI is InChI=1S/C14H11F3O4S.2C2H6/c1-10-2-4-12(5-3-10)21-22(18,19)13-8-6-11(7-9-13)20-14(15,16)17;2*1-2/h2-9H,1H3;2*1-2H3. The van der Waals surface area contributed by atoms with Gasteiger partial charge in [0.25, 0.3) is 0 Å². The van der Waals surface area contributed by atoms with Gasteiger partial charge in [-0.15, -0.1) is 13.2 Å². The minimum absolute atomic E-state index is 0.112. The SMILES string of the molecule is CC.CC.Cc1ccc(OS(=O)(=O)c2ccc(OC(F)(F)F)cc2)cc1. The zero-order valence-electron chi connectivity index (χ0n) is 15.3. The molecule has 0 bridgehead atoms. The van der Waals surface area contributed by atoms with Gasteiger partial charge in [0.1, 0.15) is 16.4 Å². The summed E-state index contributed by atoms with van der Waals surface area (Å²) in [6.45, 7) is 9.83. The van der Waals surface area contributed by atoms with E-state index in [1.807, 2.05) is 34.6 Å². The highest BCUT2D eigenvalue weighted by molar-refractivity contribution is 7.87. The number of hydrogen-bond donors (Lipinski definition) is 0. The Morgan fingerprint density at radius 1 is 0.769 bits per heavy atom. The molecule has 0 saturated heterocycles. The minimum atomic E-state index is -4.83. The summed E-state index contributed by atoms with van der Waals surface area (Å²) in [5, 5.41) is 0. The first-order valence-electron chi connectivity index (χ1n) is 8.03. The molecule has 0 radical (unpaired) electrons. The first kappa shape index (κ1) is 23.8. The highest BCUT2D eigenvalue weighted by Crippen LogP contribution is 2.25. The van der Waals surface area contributed by atoms with Gasteiger partial charge in [-0.1, -0.05) is 45.4 Å². The molecule has 8 heteroatoms. The summed E-state index contributed by atoms with van der Waals surface area (Å²) < 4.78 is 68.6. The lowest BCUT2D eigenvalue weighted by Gasteiger charge is -2.10. The molecule has 0 N–H and O–H groups in total. The highest BCUT2D eigenvalue weighted by Gasteiger charge is 2.31. The molecule has 146 valence electrons. The van der Waals surface area contributed by atoms with Crippen molar-refractivity contribution in [3.8, 4) is 11.5 Å². The maximum atomic E-state index is 12.0. The molecule has 4 nitrogen and oxygen atoms in total. The van der Waals surface area contributed by atoms with Crippen molar-refractivity contribution in [3.05, 3.63) is 54.1 Å². The van der Waals surface area contributed by atoms with Crippen LogP contribution >= 0.6 is 0 Å². The third-order valence-electron chi connectivity index (χ3n) is 2.57. The van der Waals surface area contributed by atoms with Gasteiger partial charge in [-0.3, -0.25) is 0 Å². The van der Waals surface area contributed by atoms with Gasteiger partial charge in [-0.25, -0.2) is 0 Å². The summed E-state index contributed by atoms with van der Waals surface area (Å²) in [7, 11) is -4.12. The monoisotopic (exact) mass is 392 g/mol. The molecule has 0 aliphatic heterocycles. The molecule has 26 heavy (non-hydrogen) atoms. The molecular weight excluding hydrogens is 369 g/mol. The van der Waals surface area contributed by atoms with Crippen LogP contribution in [0.1, 0.15) is 33.3 Å². The predicted octanol–water partition coefficient (Wildman–Crippen LogP) is 5.71. The van der Waals surface area contributed by atoms with E-state index in [-0.39, 0.29) is 10.6 Å². The summed E-state index contributed by atoms with van der Waals surface area (Å²) in [5.41, 5.74) is 0.929. The van der Waals surface area contributed by atoms with Gasteiger partial charge < -0.3 is 8.92 Å². The van der Waals surface area contributed by atoms with E-state index in [0.29, 0.717) is 0 Å². The Morgan fingerprint density at radius 3 is 1.62 bits per heavy atom. The van der Waals surface area contributed by atoms with Crippen molar-refractivity contribution in [2.45, 2.75) is 45.9 Å². The topological polar surface area (TPSA) is 52.6 Å². The maximum Gasteiger partial charge on any atom is 0.573 e. The lowest BCUT2D eigenvalue weighted by molar-refractivity contribution is -0.274. The normalized spacial score (nSPS) is 10.6. The van der Waals surface area contributed by atoms with Gasteiger partial charge in [0.05, 0.1) is 0 Å². The number of alkyl halides is 3. The van der Waals surface area contributed by atoms with Crippen molar-refractivity contribution >= 4 is 10.1 Å². The molecule has 0 fully saturated rings. The average molecular weight is 392 g/mol. The quantitative estimate of drug-likeness (QED) is 0.625. The minimum Gasteiger partial charge on any atom is -0.406 e. The average Bonchev–Trinajstić information content (AvgIpc) is 2.59. The molecule has 0 amide bonds. The molecule has 2 aromatic carbocycles. The van der Waals surface area contributed by atoms with Crippen LogP contribution in [0.3, 0.4) is 0 Å². The van der Waals surface area contributed by atoms with Gasteiger partial charge in [0.2, 0.25) is 0 Å². The van der Waals surface area contributed by atoms with Crippen LogP contribution in [0.15, 0.2) is 53.4 Å². The van der Waals surface area contributed by atoms with E-state index in [9.17, 15) is 21.6 Å². The largest absolute Gasteiger partial charge is 0.573 e. The second-order valence-electron chi connectivity index (χ2n) is 4.37. The number of hydrogen-bond acceptors (Lipinski definition) is 4. The molecule has 0 unspecified atom stereocenters. The van der Waals surface area contributed by atoms with E-state index in [2.05, 4.69) is 4.74 Å². The Hall–Kier alpha value is -2.22. The van der Waals surface area contributed by atoms with E-state index in [4.69, 9.17) is 4.18 Å². The summed E-state index contributed by atoms with van der Waals surface area (Å²) >= 11 is 0. The van der Waals surface area contributed by atoms with Crippen LogP contribution in [0.2, 0.25) is 0 Å². The number of halogens is 3. The summed E-state index contributed by atoms with van der Waals surface area (Å²) in [5.74, 6) is -0.400. The van der Waals surface area contributed by atoms with Crippen molar-refractivity contribution in [2.75, 3.05) is 0 Å². The Balaban J connectivity index is 0.00000146. The van der Waals surface area contributed by atoms with E-state index < -0.39 is 22.2 Å². The lowest BCUT2D eigenvalue weighted by Crippen LogP contribution is -2.17. The molecule has 0 aliphatic carbocycles. The van der Waals surface area contributed by atoms with E-state index >= 15 is 0 Å². The molecule has 0 spiro atoms. The van der Waals surface area contributed by atoms with E-state index in [0.717, 1.165) is 29.8 Å². The molecule has 0 heterocycles. The van der Waals surface area contributed by atoms with Crippen LogP contribution in [-0.4, -0.2) is 14.8 Å². The van der Waals surface area contributed by atoms with Crippen molar-refractivity contribution in [1.82, 2.24) is 0 Å². The van der Waals surface area contributed by atoms with E-state index in [1.165, 1.54) is 12.1 Å². The molecule has 0 aliphatic rings. The fourth-order valence-electron chi connectivity index (χ4n) is 1.58. The van der Waals surface area contributed by atoms with Gasteiger partial charge in [-0.05, 0) is 43.3 Å². The second kappa shape index (κ2) is 10.7. The third kappa shape index (κ3) is 8.24. The Kier molecular flexibility index (Phi) is 9.79. The summed E-state index contributed by atoms with van der Waals surface area (Å²) in [6.07, 6.45) is -4.83. The van der Waals surface area contributed by atoms with Crippen LogP contribution < -0.4 is 8.92 Å². The van der Waals surface area contributed by atoms with Crippen molar-refractivity contribution < 1.29 is 30.5 Å². The van der Waals surface area contributed by atoms with Crippen molar-refractivity contribution in [2.24, 2.45) is 0 Å². The number of benzene rings is 2. The Labute approximate surface area is 152 Å². The highest BCUT2D eigenvalue weighted by atomic mass is 32.2. The van der Waals surface area contributed by atoms with Gasteiger partial charge in [0.15, 0.2) is 0 Å². The number of aryl methyl sites for hydroxylation is 1. The lowest BCUT2D eigenvalue weighted by atomic mass is 10.2. The number of rotatable bonds is 4. The summed E-state index contributed by atoms with van der Waals surface area (Å²) in [6, 6.07) is 10.1. The smallest absolute Gasteiger partial charge is 0.406 e. The predicted molar refractivity (Wildman–Crippen MR) is 94.8 cm³/mol. The molecule has 2 rings (SSSR count). The van der Waals surface area contributed by atoms with Gasteiger partial charge >= 0.3 is 16.5 Å². The van der Waals surface area contributed by atoms with Crippen molar-refractivity contribution in [3.63, 3.8) is 0 Å².